The summed E-state index contributed by atoms with van der Waals surface area (Å²) in [6.45, 7) is 3.96. The number of carbonyl (C=O) groups is 2. The minimum absolute atomic E-state index is 0.171. The van der Waals surface area contributed by atoms with Crippen LogP contribution in [0.4, 0.5) is 0 Å². The van der Waals surface area contributed by atoms with Gasteiger partial charge < -0.3 is 15.4 Å². The minimum Gasteiger partial charge on any atom is -0.469 e. The molecule has 2 aromatic carbocycles. The number of benzene rings is 2. The third-order valence-electron chi connectivity index (χ3n) is 6.01. The van der Waals surface area contributed by atoms with Crippen molar-refractivity contribution in [2.45, 2.75) is 38.6 Å². The zero-order valence-corrected chi connectivity index (χ0v) is 17.9. The van der Waals surface area contributed by atoms with E-state index in [2.05, 4.69) is 10.6 Å². The summed E-state index contributed by atoms with van der Waals surface area (Å²) in [5.74, 6) is -0.190. The molecular weight excluding hydrogens is 376 g/mol. The molecule has 30 heavy (non-hydrogen) atoms. The Bertz CT molecular complexity index is 814. The van der Waals surface area contributed by atoms with E-state index >= 15 is 0 Å². The Kier molecular flexibility index (Phi) is 8.03. The molecule has 1 aliphatic rings. The van der Waals surface area contributed by atoms with Gasteiger partial charge in [0, 0.05) is 11.6 Å². The van der Waals surface area contributed by atoms with Crippen LogP contribution in [0.2, 0.25) is 0 Å². The molecule has 2 N–H and O–H groups in total. The van der Waals surface area contributed by atoms with Crippen LogP contribution < -0.4 is 10.6 Å². The van der Waals surface area contributed by atoms with E-state index < -0.39 is 0 Å². The first-order valence-corrected chi connectivity index (χ1v) is 10.8. The van der Waals surface area contributed by atoms with E-state index in [1.54, 1.807) is 0 Å². The number of esters is 1. The molecule has 160 valence electrons. The van der Waals surface area contributed by atoms with Crippen LogP contribution in [0.5, 0.6) is 0 Å². The molecule has 3 rings (SSSR count). The molecule has 5 heteroatoms. The summed E-state index contributed by atoms with van der Waals surface area (Å²) in [6, 6.07) is 17.3. The number of rotatable bonds is 8. The highest BCUT2D eigenvalue weighted by Crippen LogP contribution is 2.23. The van der Waals surface area contributed by atoms with E-state index in [-0.39, 0.29) is 23.8 Å². The molecule has 3 atom stereocenters. The Labute approximate surface area is 179 Å². The maximum absolute atomic E-state index is 12.8. The van der Waals surface area contributed by atoms with Gasteiger partial charge in [-0.25, -0.2) is 0 Å². The fourth-order valence-electron chi connectivity index (χ4n) is 4.14. The summed E-state index contributed by atoms with van der Waals surface area (Å²) in [5, 5.41) is 6.42. The second-order valence-corrected chi connectivity index (χ2v) is 8.12. The quantitative estimate of drug-likeness (QED) is 0.647. The number of hydrogen-bond acceptors (Lipinski definition) is 4. The highest BCUT2D eigenvalue weighted by Gasteiger charge is 2.28. The largest absolute Gasteiger partial charge is 0.469 e. The van der Waals surface area contributed by atoms with Crippen LogP contribution in [0.3, 0.4) is 0 Å². The molecule has 1 saturated heterocycles. The van der Waals surface area contributed by atoms with Gasteiger partial charge in [-0.2, -0.15) is 0 Å². The lowest BCUT2D eigenvalue weighted by molar-refractivity contribution is -0.146. The zero-order chi connectivity index (χ0) is 21.3. The van der Waals surface area contributed by atoms with Gasteiger partial charge in [0.1, 0.15) is 0 Å². The number of nitrogens with one attached hydrogen (secondary N) is 2. The number of piperidine rings is 1. The fraction of sp³-hybridized carbons (Fsp3) is 0.440. The van der Waals surface area contributed by atoms with Crippen LogP contribution in [0.15, 0.2) is 54.6 Å². The third-order valence-corrected chi connectivity index (χ3v) is 6.01. The van der Waals surface area contributed by atoms with Gasteiger partial charge in [0.05, 0.1) is 13.0 Å². The van der Waals surface area contributed by atoms with E-state index in [1.807, 2.05) is 61.5 Å². The highest BCUT2D eigenvalue weighted by molar-refractivity contribution is 5.95. The van der Waals surface area contributed by atoms with Gasteiger partial charge in [-0.15, -0.1) is 0 Å². The maximum Gasteiger partial charge on any atom is 0.310 e. The van der Waals surface area contributed by atoms with Crippen molar-refractivity contribution in [3.8, 4) is 11.1 Å². The molecule has 5 nitrogen and oxygen atoms in total. The van der Waals surface area contributed by atoms with Crippen molar-refractivity contribution in [3.05, 3.63) is 60.2 Å². The molecule has 2 aromatic rings. The lowest BCUT2D eigenvalue weighted by atomic mass is 9.87. The molecule has 0 spiro atoms. The first kappa shape index (κ1) is 22.0. The van der Waals surface area contributed by atoms with Gasteiger partial charge in [0.15, 0.2) is 0 Å². The summed E-state index contributed by atoms with van der Waals surface area (Å²) >= 11 is 0. The van der Waals surface area contributed by atoms with Gasteiger partial charge in [0.2, 0.25) is 0 Å². The average Bonchev–Trinajstić information content (AvgIpc) is 2.80. The van der Waals surface area contributed by atoms with Gasteiger partial charge in [-0.05, 0) is 74.9 Å². The van der Waals surface area contributed by atoms with Crippen molar-refractivity contribution in [2.24, 2.45) is 11.8 Å². The summed E-state index contributed by atoms with van der Waals surface area (Å²) in [5.41, 5.74) is 2.76. The highest BCUT2D eigenvalue weighted by atomic mass is 16.5. The zero-order valence-electron chi connectivity index (χ0n) is 17.9. The predicted molar refractivity (Wildman–Crippen MR) is 119 cm³/mol. The molecular formula is C25H32N2O3. The van der Waals surface area contributed by atoms with E-state index in [9.17, 15) is 9.59 Å². The van der Waals surface area contributed by atoms with Gasteiger partial charge in [0.25, 0.3) is 5.91 Å². The Morgan fingerprint density at radius 1 is 1.10 bits per heavy atom. The van der Waals surface area contributed by atoms with Crippen molar-refractivity contribution >= 4 is 11.9 Å². The van der Waals surface area contributed by atoms with E-state index in [1.165, 1.54) is 20.0 Å². The van der Waals surface area contributed by atoms with Crippen LogP contribution in [-0.2, 0) is 9.53 Å². The van der Waals surface area contributed by atoms with E-state index in [0.29, 0.717) is 17.9 Å². The molecule has 0 aliphatic carbocycles. The third kappa shape index (κ3) is 5.92. The number of carbonyl (C=O) groups excluding carboxylic acids is 2. The van der Waals surface area contributed by atoms with Crippen LogP contribution in [-0.4, -0.2) is 38.1 Å². The van der Waals surface area contributed by atoms with Crippen molar-refractivity contribution in [2.75, 3.05) is 20.2 Å². The Hall–Kier alpha value is -2.66. The Morgan fingerprint density at radius 3 is 2.43 bits per heavy atom. The number of ether oxygens (including phenoxy) is 1. The van der Waals surface area contributed by atoms with E-state index in [4.69, 9.17) is 4.74 Å². The van der Waals surface area contributed by atoms with Crippen molar-refractivity contribution < 1.29 is 14.3 Å². The molecule has 0 aromatic heterocycles. The summed E-state index contributed by atoms with van der Waals surface area (Å²) in [6.07, 6.45) is 4.04. The van der Waals surface area contributed by atoms with Crippen molar-refractivity contribution in [3.63, 3.8) is 0 Å². The topological polar surface area (TPSA) is 67.4 Å². The summed E-state index contributed by atoms with van der Waals surface area (Å²) in [7, 11) is 1.41. The molecule has 3 unspecified atom stereocenters. The smallest absolute Gasteiger partial charge is 0.310 e. The minimum atomic E-state index is -0.343. The molecule has 1 heterocycles. The number of methoxy groups -OCH3 is 1. The van der Waals surface area contributed by atoms with E-state index in [0.717, 1.165) is 30.6 Å². The molecule has 1 aliphatic heterocycles. The van der Waals surface area contributed by atoms with Crippen LogP contribution in [0.1, 0.15) is 43.0 Å². The van der Waals surface area contributed by atoms with Gasteiger partial charge in [-0.1, -0.05) is 42.5 Å². The average molecular weight is 409 g/mol. The summed E-state index contributed by atoms with van der Waals surface area (Å²) in [4.78, 5) is 25.1. The lowest BCUT2D eigenvalue weighted by Gasteiger charge is -2.27. The first-order chi connectivity index (χ1) is 14.6. The normalized spacial score (nSPS) is 18.3. The monoisotopic (exact) mass is 408 g/mol. The standard InChI is InChI=1S/C25H32N2O3/c1-18(23(25(29)30-2)15-10-19-7-6-16-26-17-19)27-24(28)22-13-11-21(12-14-22)20-8-4-3-5-9-20/h3-5,8-9,11-14,18-19,23,26H,6-7,10,15-17H2,1-2H3,(H,27,28). The van der Waals surface area contributed by atoms with Crippen LogP contribution >= 0.6 is 0 Å². The predicted octanol–water partition coefficient (Wildman–Crippen LogP) is 4.04. The first-order valence-electron chi connectivity index (χ1n) is 10.8. The lowest BCUT2D eigenvalue weighted by Crippen LogP contribution is -2.42. The molecule has 0 bridgehead atoms. The maximum atomic E-state index is 12.8. The fourth-order valence-corrected chi connectivity index (χ4v) is 4.14. The molecule has 0 saturated carbocycles. The molecule has 0 radical (unpaired) electrons. The Morgan fingerprint density at radius 2 is 1.80 bits per heavy atom. The van der Waals surface area contributed by atoms with Crippen LogP contribution in [0.25, 0.3) is 11.1 Å². The van der Waals surface area contributed by atoms with Gasteiger partial charge in [-0.3, -0.25) is 9.59 Å². The Balaban J connectivity index is 1.60. The number of amides is 1. The molecule has 1 amide bonds. The van der Waals surface area contributed by atoms with Crippen molar-refractivity contribution in [1.29, 1.82) is 0 Å². The van der Waals surface area contributed by atoms with Crippen molar-refractivity contribution in [1.82, 2.24) is 10.6 Å². The van der Waals surface area contributed by atoms with Crippen LogP contribution in [0, 0.1) is 11.8 Å². The second kappa shape index (κ2) is 10.9. The number of hydrogen-bond donors (Lipinski definition) is 2. The second-order valence-electron chi connectivity index (χ2n) is 8.12. The molecule has 1 fully saturated rings. The SMILES string of the molecule is COC(=O)C(CCC1CCCNC1)C(C)NC(=O)c1ccc(-c2ccccc2)cc1. The summed E-state index contributed by atoms with van der Waals surface area (Å²) < 4.78 is 5.02. The van der Waals surface area contributed by atoms with Gasteiger partial charge >= 0.3 is 5.97 Å².